The smallest absolute Gasteiger partial charge is 0.253 e. The van der Waals surface area contributed by atoms with Gasteiger partial charge in [0.1, 0.15) is 5.15 Å². The Bertz CT molecular complexity index is 646. The molecule has 0 bridgehead atoms. The molecular formula is C17H19ClN2O2. The Morgan fingerprint density at radius 3 is 2.59 bits per heavy atom. The number of aliphatic hydroxyl groups excluding tert-OH is 1. The van der Waals surface area contributed by atoms with Gasteiger partial charge in [-0.3, -0.25) is 4.79 Å². The summed E-state index contributed by atoms with van der Waals surface area (Å²) >= 11 is 5.79. The Hall–Kier alpha value is -1.91. The Labute approximate surface area is 135 Å². The van der Waals surface area contributed by atoms with E-state index >= 15 is 0 Å². The highest BCUT2D eigenvalue weighted by molar-refractivity contribution is 6.29. The van der Waals surface area contributed by atoms with Crippen molar-refractivity contribution in [2.45, 2.75) is 32.4 Å². The number of rotatable bonds is 5. The van der Waals surface area contributed by atoms with Crippen molar-refractivity contribution >= 4 is 17.5 Å². The van der Waals surface area contributed by atoms with Gasteiger partial charge in [-0.25, -0.2) is 4.98 Å². The molecule has 1 heterocycles. The number of aliphatic hydroxyl groups is 1. The van der Waals surface area contributed by atoms with Crippen LogP contribution in [-0.2, 0) is 6.42 Å². The van der Waals surface area contributed by atoms with Crippen LogP contribution in [0, 0.1) is 6.92 Å². The first kappa shape index (κ1) is 16.5. The predicted octanol–water partition coefficient (Wildman–Crippen LogP) is 2.77. The fraction of sp³-hybridized carbons (Fsp3) is 0.294. The number of carbonyl (C=O) groups is 1. The summed E-state index contributed by atoms with van der Waals surface area (Å²) in [6.45, 7) is 3.51. The Kier molecular flexibility index (Phi) is 5.52. The van der Waals surface area contributed by atoms with Crippen molar-refractivity contribution in [2.24, 2.45) is 0 Å². The number of nitrogens with zero attached hydrogens (tertiary/aromatic N) is 1. The molecule has 1 amide bonds. The molecule has 0 aliphatic rings. The van der Waals surface area contributed by atoms with Gasteiger partial charge in [0.05, 0.1) is 23.4 Å². The molecule has 0 aliphatic carbocycles. The van der Waals surface area contributed by atoms with Gasteiger partial charge in [-0.1, -0.05) is 41.9 Å². The molecule has 22 heavy (non-hydrogen) atoms. The van der Waals surface area contributed by atoms with E-state index in [0.717, 1.165) is 5.56 Å². The zero-order chi connectivity index (χ0) is 16.1. The molecule has 0 saturated carbocycles. The lowest BCUT2D eigenvalue weighted by molar-refractivity contribution is 0.0851. The lowest BCUT2D eigenvalue weighted by Crippen LogP contribution is -2.42. The summed E-state index contributed by atoms with van der Waals surface area (Å²) in [6.07, 6.45) is -0.174. The Morgan fingerprint density at radius 1 is 1.27 bits per heavy atom. The number of pyridine rings is 1. The molecule has 5 heteroatoms. The molecule has 0 radical (unpaired) electrons. The standard InChI is InChI=1S/C17H19ClN2O2/c1-11-14(8-9-16(18)19-11)17(22)20-12(2)15(21)10-13-6-4-3-5-7-13/h3-9,12,15,21H,10H2,1-2H3,(H,20,22). The second-order valence-corrected chi connectivity index (χ2v) is 5.67. The van der Waals surface area contributed by atoms with Crippen LogP contribution in [0.5, 0.6) is 0 Å². The van der Waals surface area contributed by atoms with Crippen LogP contribution < -0.4 is 5.32 Å². The maximum Gasteiger partial charge on any atom is 0.253 e. The van der Waals surface area contributed by atoms with Gasteiger partial charge in [0.25, 0.3) is 5.91 Å². The summed E-state index contributed by atoms with van der Waals surface area (Å²) in [6, 6.07) is 12.5. The fourth-order valence-corrected chi connectivity index (χ4v) is 2.37. The Morgan fingerprint density at radius 2 is 1.95 bits per heavy atom. The van der Waals surface area contributed by atoms with E-state index < -0.39 is 6.10 Å². The van der Waals surface area contributed by atoms with E-state index in [1.807, 2.05) is 30.3 Å². The molecule has 2 atom stereocenters. The van der Waals surface area contributed by atoms with Gasteiger partial charge >= 0.3 is 0 Å². The monoisotopic (exact) mass is 318 g/mol. The van der Waals surface area contributed by atoms with E-state index in [-0.39, 0.29) is 11.9 Å². The summed E-state index contributed by atoms with van der Waals surface area (Å²) in [5.74, 6) is -0.263. The predicted molar refractivity (Wildman–Crippen MR) is 87.1 cm³/mol. The molecule has 2 N–H and O–H groups in total. The lowest BCUT2D eigenvalue weighted by Gasteiger charge is -2.20. The molecule has 2 unspecified atom stereocenters. The zero-order valence-electron chi connectivity index (χ0n) is 12.6. The van der Waals surface area contributed by atoms with Crippen LogP contribution in [0.15, 0.2) is 42.5 Å². The van der Waals surface area contributed by atoms with E-state index in [1.165, 1.54) is 0 Å². The summed E-state index contributed by atoms with van der Waals surface area (Å²) in [5, 5.41) is 13.4. The van der Waals surface area contributed by atoms with E-state index in [2.05, 4.69) is 10.3 Å². The van der Waals surface area contributed by atoms with Crippen LogP contribution in [-0.4, -0.2) is 28.1 Å². The number of nitrogens with one attached hydrogen (secondary N) is 1. The summed E-state index contributed by atoms with van der Waals surface area (Å²) in [4.78, 5) is 16.3. The van der Waals surface area contributed by atoms with Crippen molar-refractivity contribution in [3.8, 4) is 0 Å². The van der Waals surface area contributed by atoms with Crippen molar-refractivity contribution in [3.63, 3.8) is 0 Å². The number of aryl methyl sites for hydroxylation is 1. The van der Waals surface area contributed by atoms with Gasteiger partial charge in [-0.05, 0) is 31.5 Å². The number of benzene rings is 1. The number of hydrogen-bond donors (Lipinski definition) is 2. The number of amides is 1. The van der Waals surface area contributed by atoms with E-state index in [9.17, 15) is 9.90 Å². The first-order chi connectivity index (χ1) is 10.5. The quantitative estimate of drug-likeness (QED) is 0.833. The van der Waals surface area contributed by atoms with Gasteiger partial charge in [-0.15, -0.1) is 0 Å². The molecule has 1 aromatic carbocycles. The number of halogens is 1. The highest BCUT2D eigenvalue weighted by Gasteiger charge is 2.19. The Balaban J connectivity index is 1.98. The summed E-state index contributed by atoms with van der Waals surface area (Å²) < 4.78 is 0. The summed E-state index contributed by atoms with van der Waals surface area (Å²) in [5.41, 5.74) is 2.05. The average Bonchev–Trinajstić information content (AvgIpc) is 2.47. The van der Waals surface area contributed by atoms with Gasteiger partial charge in [0.15, 0.2) is 0 Å². The minimum atomic E-state index is -0.660. The van der Waals surface area contributed by atoms with Crippen molar-refractivity contribution in [2.75, 3.05) is 0 Å². The second kappa shape index (κ2) is 7.38. The van der Waals surface area contributed by atoms with E-state index in [0.29, 0.717) is 22.8 Å². The SMILES string of the molecule is Cc1nc(Cl)ccc1C(=O)NC(C)C(O)Cc1ccccc1. The van der Waals surface area contributed by atoms with Crippen LogP contribution in [0.2, 0.25) is 5.15 Å². The number of carbonyl (C=O) groups excluding carboxylic acids is 1. The minimum absolute atomic E-state index is 0.263. The molecule has 2 rings (SSSR count). The zero-order valence-corrected chi connectivity index (χ0v) is 13.3. The average molecular weight is 319 g/mol. The van der Waals surface area contributed by atoms with Crippen molar-refractivity contribution in [3.05, 3.63) is 64.4 Å². The third kappa shape index (κ3) is 4.29. The van der Waals surface area contributed by atoms with Crippen LogP contribution in [0.25, 0.3) is 0 Å². The lowest BCUT2D eigenvalue weighted by atomic mass is 10.0. The molecule has 0 spiro atoms. The number of hydrogen-bond acceptors (Lipinski definition) is 3. The molecule has 0 saturated heterocycles. The van der Waals surface area contributed by atoms with Crippen molar-refractivity contribution in [1.29, 1.82) is 0 Å². The second-order valence-electron chi connectivity index (χ2n) is 5.29. The van der Waals surface area contributed by atoms with Crippen LogP contribution in [0.4, 0.5) is 0 Å². The van der Waals surface area contributed by atoms with E-state index in [4.69, 9.17) is 11.6 Å². The molecule has 1 aromatic heterocycles. The minimum Gasteiger partial charge on any atom is -0.391 e. The largest absolute Gasteiger partial charge is 0.391 e. The van der Waals surface area contributed by atoms with Gasteiger partial charge in [0, 0.05) is 6.42 Å². The van der Waals surface area contributed by atoms with Gasteiger partial charge in [0.2, 0.25) is 0 Å². The molecular weight excluding hydrogens is 300 g/mol. The molecule has 0 fully saturated rings. The third-order valence-electron chi connectivity index (χ3n) is 3.52. The first-order valence-electron chi connectivity index (χ1n) is 7.13. The normalized spacial score (nSPS) is 13.5. The third-order valence-corrected chi connectivity index (χ3v) is 3.73. The molecule has 116 valence electrons. The summed E-state index contributed by atoms with van der Waals surface area (Å²) in [7, 11) is 0. The van der Waals surface area contributed by atoms with Crippen LogP contribution >= 0.6 is 11.6 Å². The molecule has 2 aromatic rings. The molecule has 4 nitrogen and oxygen atoms in total. The maximum absolute atomic E-state index is 12.2. The van der Waals surface area contributed by atoms with Crippen LogP contribution in [0.1, 0.15) is 28.5 Å². The van der Waals surface area contributed by atoms with Crippen molar-refractivity contribution in [1.82, 2.24) is 10.3 Å². The maximum atomic E-state index is 12.2. The van der Waals surface area contributed by atoms with Crippen molar-refractivity contribution < 1.29 is 9.90 Å². The van der Waals surface area contributed by atoms with Gasteiger partial charge in [-0.2, -0.15) is 0 Å². The first-order valence-corrected chi connectivity index (χ1v) is 7.51. The highest BCUT2D eigenvalue weighted by atomic mass is 35.5. The van der Waals surface area contributed by atoms with Gasteiger partial charge < -0.3 is 10.4 Å². The highest BCUT2D eigenvalue weighted by Crippen LogP contribution is 2.12. The van der Waals surface area contributed by atoms with E-state index in [1.54, 1.807) is 26.0 Å². The topological polar surface area (TPSA) is 62.2 Å². The fourth-order valence-electron chi connectivity index (χ4n) is 2.18. The molecule has 0 aliphatic heterocycles. The number of aromatic nitrogens is 1. The van der Waals surface area contributed by atoms with Crippen LogP contribution in [0.3, 0.4) is 0 Å².